The molecule has 0 aliphatic heterocycles. The Morgan fingerprint density at radius 1 is 1.09 bits per heavy atom. The summed E-state index contributed by atoms with van der Waals surface area (Å²) in [5, 5.41) is 5.01. The van der Waals surface area contributed by atoms with Crippen molar-refractivity contribution in [2.75, 3.05) is 6.61 Å². The number of nitrogens with one attached hydrogen (secondary N) is 1. The van der Waals surface area contributed by atoms with Crippen LogP contribution >= 0.6 is 0 Å². The minimum atomic E-state index is -0.0872. The van der Waals surface area contributed by atoms with Crippen molar-refractivity contribution in [3.8, 4) is 5.75 Å². The molecule has 3 rings (SSSR count). The zero-order valence-corrected chi connectivity index (χ0v) is 13.5. The van der Waals surface area contributed by atoms with Crippen LogP contribution in [0.1, 0.15) is 26.7 Å². The van der Waals surface area contributed by atoms with Crippen LogP contribution in [0.5, 0.6) is 5.75 Å². The van der Waals surface area contributed by atoms with Crippen molar-refractivity contribution in [2.45, 2.75) is 32.7 Å². The summed E-state index contributed by atoms with van der Waals surface area (Å²) in [4.78, 5) is 11.9. The molecule has 0 aliphatic rings. The van der Waals surface area contributed by atoms with Crippen molar-refractivity contribution in [1.82, 2.24) is 5.32 Å². The van der Waals surface area contributed by atoms with Crippen molar-refractivity contribution < 1.29 is 13.9 Å². The van der Waals surface area contributed by atoms with Gasteiger partial charge in [0.25, 0.3) is 5.91 Å². The predicted molar refractivity (Wildman–Crippen MR) is 91.7 cm³/mol. The Labute approximate surface area is 135 Å². The molecule has 0 atom stereocenters. The molecule has 0 saturated carbocycles. The molecule has 2 aromatic carbocycles. The summed E-state index contributed by atoms with van der Waals surface area (Å²) in [6, 6.07) is 13.7. The van der Waals surface area contributed by atoms with E-state index in [9.17, 15) is 4.79 Å². The number of hydrogen-bond donors (Lipinski definition) is 1. The summed E-state index contributed by atoms with van der Waals surface area (Å²) in [7, 11) is 0. The fourth-order valence-corrected chi connectivity index (χ4v) is 2.71. The molecule has 1 aromatic heterocycles. The van der Waals surface area contributed by atoms with E-state index < -0.39 is 0 Å². The summed E-state index contributed by atoms with van der Waals surface area (Å²) in [5.41, 5.74) is 1.67. The highest BCUT2D eigenvalue weighted by atomic mass is 16.5. The second-order valence-corrected chi connectivity index (χ2v) is 5.63. The molecule has 1 amide bonds. The van der Waals surface area contributed by atoms with Gasteiger partial charge in [0.2, 0.25) is 0 Å². The lowest BCUT2D eigenvalue weighted by molar-refractivity contribution is -0.123. The van der Waals surface area contributed by atoms with E-state index in [2.05, 4.69) is 19.2 Å². The van der Waals surface area contributed by atoms with E-state index in [1.165, 1.54) is 0 Å². The van der Waals surface area contributed by atoms with Gasteiger partial charge in [-0.05, 0) is 37.1 Å². The highest BCUT2D eigenvalue weighted by molar-refractivity contribution is 6.05. The first-order valence-electron chi connectivity index (χ1n) is 8.04. The Morgan fingerprint density at radius 3 is 2.61 bits per heavy atom. The molecule has 0 aliphatic carbocycles. The fourth-order valence-electron chi connectivity index (χ4n) is 2.71. The maximum atomic E-state index is 11.9. The van der Waals surface area contributed by atoms with E-state index >= 15 is 0 Å². The molecule has 0 unspecified atom stereocenters. The first-order valence-corrected chi connectivity index (χ1v) is 8.04. The van der Waals surface area contributed by atoms with Gasteiger partial charge in [-0.2, -0.15) is 0 Å². The Kier molecular flexibility index (Phi) is 4.51. The number of rotatable bonds is 6. The number of para-hydroxylation sites is 1. The Morgan fingerprint density at radius 2 is 1.83 bits per heavy atom. The second-order valence-electron chi connectivity index (χ2n) is 5.63. The van der Waals surface area contributed by atoms with Crippen molar-refractivity contribution in [3.05, 3.63) is 42.5 Å². The summed E-state index contributed by atoms with van der Waals surface area (Å²) in [5.74, 6) is 0.583. The normalized spacial score (nSPS) is 11.3. The molecule has 3 aromatic rings. The number of amides is 1. The van der Waals surface area contributed by atoms with Crippen LogP contribution in [0.2, 0.25) is 0 Å². The van der Waals surface area contributed by atoms with Gasteiger partial charge in [-0.25, -0.2) is 0 Å². The van der Waals surface area contributed by atoms with Gasteiger partial charge >= 0.3 is 0 Å². The number of furan rings is 1. The van der Waals surface area contributed by atoms with Crippen LogP contribution in [-0.2, 0) is 4.79 Å². The maximum Gasteiger partial charge on any atom is 0.258 e. The molecule has 23 heavy (non-hydrogen) atoms. The Hall–Kier alpha value is -2.49. The topological polar surface area (TPSA) is 51.5 Å². The largest absolute Gasteiger partial charge is 0.484 e. The molecule has 120 valence electrons. The van der Waals surface area contributed by atoms with E-state index in [4.69, 9.17) is 9.15 Å². The number of hydrogen-bond acceptors (Lipinski definition) is 3. The van der Waals surface area contributed by atoms with Gasteiger partial charge in [-0.15, -0.1) is 0 Å². The molecule has 1 N–H and O–H groups in total. The third-order valence-corrected chi connectivity index (χ3v) is 4.07. The molecule has 1 heterocycles. The summed E-state index contributed by atoms with van der Waals surface area (Å²) < 4.78 is 11.4. The minimum absolute atomic E-state index is 0.0256. The highest BCUT2D eigenvalue weighted by Crippen LogP contribution is 2.31. The number of carbonyl (C=O) groups excluding carboxylic acids is 1. The molecule has 0 saturated heterocycles. The van der Waals surface area contributed by atoms with Crippen LogP contribution in [0.15, 0.2) is 46.9 Å². The third-order valence-electron chi connectivity index (χ3n) is 4.07. The second kappa shape index (κ2) is 6.73. The SMILES string of the molecule is CCC(CC)NC(=O)COc1ccc2oc3ccccc3c2c1. The molecule has 4 nitrogen and oxygen atoms in total. The summed E-state index contributed by atoms with van der Waals surface area (Å²) in [6.45, 7) is 4.15. The van der Waals surface area contributed by atoms with Crippen LogP contribution in [0, 0.1) is 0 Å². The Bertz CT molecular complexity index is 818. The van der Waals surface area contributed by atoms with E-state index in [0.29, 0.717) is 5.75 Å². The predicted octanol–water partition coefficient (Wildman–Crippen LogP) is 4.27. The van der Waals surface area contributed by atoms with Gasteiger partial charge < -0.3 is 14.5 Å². The van der Waals surface area contributed by atoms with Gasteiger partial charge in [0, 0.05) is 16.8 Å². The lowest BCUT2D eigenvalue weighted by Gasteiger charge is -2.14. The molecular weight excluding hydrogens is 290 g/mol. The molecule has 0 fully saturated rings. The van der Waals surface area contributed by atoms with Crippen LogP contribution in [0.4, 0.5) is 0 Å². The first kappa shape index (κ1) is 15.4. The van der Waals surface area contributed by atoms with E-state index in [1.807, 2.05) is 42.5 Å². The average molecular weight is 311 g/mol. The first-order chi connectivity index (χ1) is 11.2. The summed E-state index contributed by atoms with van der Waals surface area (Å²) >= 11 is 0. The Balaban J connectivity index is 1.73. The van der Waals surface area contributed by atoms with Gasteiger partial charge in [-0.3, -0.25) is 4.79 Å². The van der Waals surface area contributed by atoms with Crippen LogP contribution in [0.25, 0.3) is 21.9 Å². The highest BCUT2D eigenvalue weighted by Gasteiger charge is 2.10. The van der Waals surface area contributed by atoms with E-state index in [-0.39, 0.29) is 18.6 Å². The lowest BCUT2D eigenvalue weighted by atomic mass is 10.1. The minimum Gasteiger partial charge on any atom is -0.484 e. The average Bonchev–Trinajstić information content (AvgIpc) is 2.95. The fraction of sp³-hybridized carbons (Fsp3) is 0.316. The van der Waals surface area contributed by atoms with Gasteiger partial charge in [0.05, 0.1) is 0 Å². The molecule has 0 spiro atoms. The van der Waals surface area contributed by atoms with Crippen LogP contribution in [0.3, 0.4) is 0 Å². The maximum absolute atomic E-state index is 11.9. The zero-order chi connectivity index (χ0) is 16.2. The zero-order valence-electron chi connectivity index (χ0n) is 13.5. The van der Waals surface area contributed by atoms with Crippen molar-refractivity contribution in [3.63, 3.8) is 0 Å². The summed E-state index contributed by atoms with van der Waals surface area (Å²) in [6.07, 6.45) is 1.85. The van der Waals surface area contributed by atoms with Gasteiger partial charge in [-0.1, -0.05) is 32.0 Å². The van der Waals surface area contributed by atoms with Gasteiger partial charge in [0.15, 0.2) is 6.61 Å². The smallest absolute Gasteiger partial charge is 0.258 e. The molecule has 4 heteroatoms. The van der Waals surface area contributed by atoms with Gasteiger partial charge in [0.1, 0.15) is 16.9 Å². The molecular formula is C19H21NO3. The lowest BCUT2D eigenvalue weighted by Crippen LogP contribution is -2.37. The van der Waals surface area contributed by atoms with Crippen molar-refractivity contribution >= 4 is 27.8 Å². The number of carbonyl (C=O) groups is 1. The van der Waals surface area contributed by atoms with E-state index in [1.54, 1.807) is 0 Å². The van der Waals surface area contributed by atoms with Crippen molar-refractivity contribution in [1.29, 1.82) is 0 Å². The number of benzene rings is 2. The number of fused-ring (bicyclic) bond motifs is 3. The monoisotopic (exact) mass is 311 g/mol. The standard InChI is InChI=1S/C19H21NO3/c1-3-13(4-2)20-19(21)12-22-14-9-10-18-16(11-14)15-7-5-6-8-17(15)23-18/h5-11,13H,3-4,12H2,1-2H3,(H,20,21). The van der Waals surface area contributed by atoms with Crippen LogP contribution < -0.4 is 10.1 Å². The number of ether oxygens (including phenoxy) is 1. The third kappa shape index (κ3) is 3.31. The molecule has 0 bridgehead atoms. The quantitative estimate of drug-likeness (QED) is 0.739. The van der Waals surface area contributed by atoms with Crippen molar-refractivity contribution in [2.24, 2.45) is 0 Å². The van der Waals surface area contributed by atoms with E-state index in [0.717, 1.165) is 34.8 Å². The molecule has 0 radical (unpaired) electrons. The van der Waals surface area contributed by atoms with Crippen LogP contribution in [-0.4, -0.2) is 18.6 Å².